The first-order valence-corrected chi connectivity index (χ1v) is 7.33. The number of aliphatic hydroxyl groups excluding tert-OH is 1. The van der Waals surface area contributed by atoms with E-state index in [4.69, 9.17) is 5.11 Å². The van der Waals surface area contributed by atoms with E-state index >= 15 is 0 Å². The van der Waals surface area contributed by atoms with Crippen molar-refractivity contribution in [2.45, 2.75) is 12.8 Å². The van der Waals surface area contributed by atoms with Gasteiger partial charge in [0.2, 0.25) is 0 Å². The Balaban J connectivity index is 2.11. The van der Waals surface area contributed by atoms with Gasteiger partial charge in [-0.25, -0.2) is 0 Å². The van der Waals surface area contributed by atoms with E-state index in [0.29, 0.717) is 0 Å². The van der Waals surface area contributed by atoms with Crippen LogP contribution in [0, 0.1) is 3.57 Å². The lowest BCUT2D eigenvalue weighted by Gasteiger charge is -2.06. The van der Waals surface area contributed by atoms with Crippen molar-refractivity contribution < 1.29 is 9.90 Å². The summed E-state index contributed by atoms with van der Waals surface area (Å²) in [5, 5.41) is 8.93. The molecule has 19 heavy (non-hydrogen) atoms. The minimum Gasteiger partial charge on any atom is -0.396 e. The van der Waals surface area contributed by atoms with Crippen LogP contribution in [0.4, 0.5) is 0 Å². The molecule has 0 heterocycles. The fraction of sp³-hybridized carbons (Fsp3) is 0.188. The smallest absolute Gasteiger partial charge is 0.165 e. The van der Waals surface area contributed by atoms with Gasteiger partial charge in [0, 0.05) is 15.6 Å². The Morgan fingerprint density at radius 2 is 2.05 bits per heavy atom. The lowest BCUT2D eigenvalue weighted by atomic mass is 9.97. The van der Waals surface area contributed by atoms with Crippen LogP contribution < -0.4 is 0 Å². The normalized spacial score (nSPS) is 12.1. The number of carbonyl (C=O) groups is 1. The molecule has 3 rings (SSSR count). The molecule has 1 aliphatic rings. The van der Waals surface area contributed by atoms with E-state index in [1.54, 1.807) is 0 Å². The molecule has 2 aromatic rings. The number of benzene rings is 2. The van der Waals surface area contributed by atoms with Crippen LogP contribution in [0.25, 0.3) is 11.1 Å². The zero-order valence-electron chi connectivity index (χ0n) is 10.3. The van der Waals surface area contributed by atoms with Gasteiger partial charge < -0.3 is 5.11 Å². The number of rotatable bonds is 3. The number of aliphatic hydroxyl groups is 1. The number of hydrogen-bond donors (Lipinski definition) is 1. The fourth-order valence-corrected chi connectivity index (χ4v) is 3.24. The van der Waals surface area contributed by atoms with Gasteiger partial charge in [0.15, 0.2) is 5.78 Å². The van der Waals surface area contributed by atoms with Crippen molar-refractivity contribution in [1.82, 2.24) is 0 Å². The molecule has 0 bridgehead atoms. The Hall–Kier alpha value is -1.20. The highest BCUT2D eigenvalue weighted by molar-refractivity contribution is 14.1. The highest BCUT2D eigenvalue weighted by Gasteiger charge is 2.23. The fourth-order valence-electron chi connectivity index (χ4n) is 2.69. The first kappa shape index (κ1) is 12.8. The third-order valence-corrected chi connectivity index (χ3v) is 4.21. The van der Waals surface area contributed by atoms with Crippen LogP contribution in [0.1, 0.15) is 27.9 Å². The number of ketones is 1. The van der Waals surface area contributed by atoms with Gasteiger partial charge in [-0.3, -0.25) is 4.79 Å². The minimum atomic E-state index is -0.0899. The summed E-state index contributed by atoms with van der Waals surface area (Å²) in [6, 6.07) is 12.3. The van der Waals surface area contributed by atoms with E-state index in [1.165, 1.54) is 14.7 Å². The molecule has 0 aliphatic heterocycles. The molecule has 2 nitrogen and oxygen atoms in total. The zero-order chi connectivity index (χ0) is 13.4. The van der Waals surface area contributed by atoms with E-state index in [0.717, 1.165) is 23.1 Å². The summed E-state index contributed by atoms with van der Waals surface area (Å²) < 4.78 is 1.22. The van der Waals surface area contributed by atoms with Gasteiger partial charge in [0.25, 0.3) is 0 Å². The zero-order valence-corrected chi connectivity index (χ0v) is 12.5. The average molecular weight is 364 g/mol. The highest BCUT2D eigenvalue weighted by Crippen LogP contribution is 2.39. The highest BCUT2D eigenvalue weighted by atomic mass is 127. The third-order valence-electron chi connectivity index (χ3n) is 3.54. The molecule has 0 spiro atoms. The minimum absolute atomic E-state index is 0.0295. The topological polar surface area (TPSA) is 37.3 Å². The lowest BCUT2D eigenvalue weighted by molar-refractivity contribution is 0.0956. The van der Waals surface area contributed by atoms with Crippen molar-refractivity contribution in [3.05, 3.63) is 56.7 Å². The van der Waals surface area contributed by atoms with E-state index in [1.807, 2.05) is 12.1 Å². The summed E-state index contributed by atoms with van der Waals surface area (Å²) in [6.07, 6.45) is 1.01. The number of Topliss-reactive ketones (excluding diaryl/α,β-unsaturated/α-hetero) is 1. The van der Waals surface area contributed by atoms with Crippen LogP contribution in [0.15, 0.2) is 36.4 Å². The summed E-state index contributed by atoms with van der Waals surface area (Å²) in [6.45, 7) is -0.0899. The summed E-state index contributed by atoms with van der Waals surface area (Å²) in [5.41, 5.74) is 5.55. The second-order valence-corrected chi connectivity index (χ2v) is 5.95. The molecule has 96 valence electrons. The van der Waals surface area contributed by atoms with Gasteiger partial charge in [0.05, 0.1) is 6.61 Å². The van der Waals surface area contributed by atoms with Crippen LogP contribution in [-0.2, 0) is 6.42 Å². The second-order valence-electron chi connectivity index (χ2n) is 4.71. The van der Waals surface area contributed by atoms with Crippen molar-refractivity contribution in [3.63, 3.8) is 0 Å². The number of carbonyl (C=O) groups excluding carboxylic acids is 1. The third kappa shape index (κ3) is 2.21. The van der Waals surface area contributed by atoms with Gasteiger partial charge in [-0.05, 0) is 63.4 Å². The van der Waals surface area contributed by atoms with Gasteiger partial charge in [-0.1, -0.05) is 24.3 Å². The quantitative estimate of drug-likeness (QED) is 0.571. The summed E-state index contributed by atoms with van der Waals surface area (Å²) in [7, 11) is 0. The lowest BCUT2D eigenvalue weighted by Crippen LogP contribution is -2.05. The standard InChI is InChI=1S/C16H13IO2/c17-11-4-5-12-10(8-11)9-15-13(12)2-1-3-14(15)16(19)6-7-18/h1-5,8,18H,6-7,9H2. The maximum atomic E-state index is 12.1. The Morgan fingerprint density at radius 3 is 2.84 bits per heavy atom. The van der Waals surface area contributed by atoms with Crippen LogP contribution in [0.3, 0.4) is 0 Å². The van der Waals surface area contributed by atoms with Gasteiger partial charge in [0.1, 0.15) is 0 Å². The molecule has 3 heteroatoms. The first-order valence-electron chi connectivity index (χ1n) is 6.25. The van der Waals surface area contributed by atoms with Gasteiger partial charge >= 0.3 is 0 Å². The maximum absolute atomic E-state index is 12.1. The Morgan fingerprint density at radius 1 is 1.21 bits per heavy atom. The van der Waals surface area contributed by atoms with Crippen LogP contribution in [0.5, 0.6) is 0 Å². The molecular weight excluding hydrogens is 351 g/mol. The molecule has 2 aromatic carbocycles. The molecule has 0 unspecified atom stereocenters. The van der Waals surface area contributed by atoms with Crippen LogP contribution in [-0.4, -0.2) is 17.5 Å². The van der Waals surface area contributed by atoms with Crippen molar-refractivity contribution >= 4 is 28.4 Å². The van der Waals surface area contributed by atoms with Crippen LogP contribution >= 0.6 is 22.6 Å². The molecule has 0 amide bonds. The average Bonchev–Trinajstić information content (AvgIpc) is 2.75. The predicted molar refractivity (Wildman–Crippen MR) is 83.4 cm³/mol. The first-order chi connectivity index (χ1) is 9.20. The number of halogens is 1. The Kier molecular flexibility index (Phi) is 3.41. The van der Waals surface area contributed by atoms with Gasteiger partial charge in [-0.15, -0.1) is 0 Å². The summed E-state index contributed by atoms with van der Waals surface area (Å²) in [4.78, 5) is 12.1. The largest absolute Gasteiger partial charge is 0.396 e. The molecule has 1 aliphatic carbocycles. The maximum Gasteiger partial charge on any atom is 0.165 e. The predicted octanol–water partition coefficient (Wildman–Crippen LogP) is 3.43. The van der Waals surface area contributed by atoms with Crippen molar-refractivity contribution in [2.75, 3.05) is 6.61 Å². The van der Waals surface area contributed by atoms with E-state index < -0.39 is 0 Å². The van der Waals surface area contributed by atoms with Crippen molar-refractivity contribution in [1.29, 1.82) is 0 Å². The molecule has 0 radical (unpaired) electrons. The number of fused-ring (bicyclic) bond motifs is 3. The SMILES string of the molecule is O=C(CCO)c1cccc2c1Cc1cc(I)ccc1-2. The summed E-state index contributed by atoms with van der Waals surface area (Å²) >= 11 is 2.31. The Bertz CT molecular complexity index is 662. The van der Waals surface area contributed by atoms with Crippen molar-refractivity contribution in [3.8, 4) is 11.1 Å². The second kappa shape index (κ2) is 5.06. The van der Waals surface area contributed by atoms with Crippen molar-refractivity contribution in [2.24, 2.45) is 0 Å². The molecular formula is C16H13IO2. The summed E-state index contributed by atoms with van der Waals surface area (Å²) in [5.74, 6) is 0.0295. The molecule has 1 N–H and O–H groups in total. The monoisotopic (exact) mass is 364 g/mol. The molecule has 0 saturated carbocycles. The van der Waals surface area contributed by atoms with E-state index in [9.17, 15) is 4.79 Å². The van der Waals surface area contributed by atoms with Gasteiger partial charge in [-0.2, -0.15) is 0 Å². The van der Waals surface area contributed by atoms with E-state index in [2.05, 4.69) is 46.9 Å². The number of hydrogen-bond acceptors (Lipinski definition) is 2. The molecule has 0 saturated heterocycles. The molecule has 0 atom stereocenters. The van der Waals surface area contributed by atoms with Crippen LogP contribution in [0.2, 0.25) is 0 Å². The Labute approximate surface area is 125 Å². The molecule has 0 aromatic heterocycles. The van der Waals surface area contributed by atoms with E-state index in [-0.39, 0.29) is 18.8 Å². The molecule has 0 fully saturated rings.